The summed E-state index contributed by atoms with van der Waals surface area (Å²) in [6.07, 6.45) is 0.956. The molecule has 0 unspecified atom stereocenters. The van der Waals surface area contributed by atoms with Gasteiger partial charge in [0.25, 0.3) is 0 Å². The van der Waals surface area contributed by atoms with Crippen LogP contribution in [0.4, 0.5) is 0 Å². The van der Waals surface area contributed by atoms with Gasteiger partial charge in [0.2, 0.25) is 5.91 Å². The van der Waals surface area contributed by atoms with Gasteiger partial charge in [-0.2, -0.15) is 0 Å². The monoisotopic (exact) mass is 161 g/mol. The Bertz CT molecular complexity index is 190. The summed E-state index contributed by atoms with van der Waals surface area (Å²) in [5, 5.41) is 0. The molecule has 0 aromatic carbocycles. The predicted octanol–water partition coefficient (Wildman–Crippen LogP) is -4.37. The van der Waals surface area contributed by atoms with Gasteiger partial charge in [0.1, 0.15) is 5.75 Å². The van der Waals surface area contributed by atoms with Crippen molar-refractivity contribution in [3.63, 3.8) is 0 Å². The molecule has 50 valence electrons. The second-order valence-electron chi connectivity index (χ2n) is 1.54. The molecule has 0 aliphatic heterocycles. The van der Waals surface area contributed by atoms with Crippen molar-refractivity contribution in [1.82, 2.24) is 0 Å². The second kappa shape index (κ2) is 4.27. The van der Waals surface area contributed by atoms with Crippen LogP contribution < -0.4 is 35.3 Å². The van der Waals surface area contributed by atoms with E-state index in [9.17, 15) is 13.2 Å². The summed E-state index contributed by atoms with van der Waals surface area (Å²) in [5.41, 5.74) is 4.56. The molecule has 4 nitrogen and oxygen atoms in total. The Hall–Kier alpha value is 0.420. The van der Waals surface area contributed by atoms with Crippen molar-refractivity contribution >= 4 is 15.7 Å². The number of sulfone groups is 1. The third-order valence-electron chi connectivity index (χ3n) is 0.404. The molecule has 6 heteroatoms. The van der Waals surface area contributed by atoms with Crippen molar-refractivity contribution in [2.24, 2.45) is 5.73 Å². The Morgan fingerprint density at radius 2 is 2.00 bits per heavy atom. The number of hydrogen-bond donors (Lipinski definition) is 1. The van der Waals surface area contributed by atoms with Crippen LogP contribution in [0.1, 0.15) is 1.43 Å². The standard InChI is InChI=1S/C3H7NO3S.Na.H/c1-8(6,7)2-3(4)5;;/h2H2,1H3,(H2,4,5);;/q;+1;-1. The zero-order valence-corrected chi connectivity index (χ0v) is 8.23. The molecule has 0 saturated carbocycles. The number of carbonyl (C=O) groups excluding carboxylic acids is 1. The Balaban J connectivity index is -0.000000245. The topological polar surface area (TPSA) is 77.2 Å². The van der Waals surface area contributed by atoms with E-state index in [0.717, 1.165) is 6.26 Å². The van der Waals surface area contributed by atoms with Crippen LogP contribution in [0.3, 0.4) is 0 Å². The molecule has 0 aromatic rings. The third kappa shape index (κ3) is 11.8. The van der Waals surface area contributed by atoms with E-state index < -0.39 is 21.5 Å². The summed E-state index contributed by atoms with van der Waals surface area (Å²) in [5.74, 6) is -1.38. The van der Waals surface area contributed by atoms with Crippen LogP contribution >= 0.6 is 0 Å². The van der Waals surface area contributed by atoms with Crippen LogP contribution in [0.25, 0.3) is 0 Å². The van der Waals surface area contributed by atoms with Gasteiger partial charge < -0.3 is 7.16 Å². The Labute approximate surface area is 77.5 Å². The molecule has 2 N–H and O–H groups in total. The molecule has 0 saturated heterocycles. The van der Waals surface area contributed by atoms with E-state index in [0.29, 0.717) is 0 Å². The van der Waals surface area contributed by atoms with E-state index in [-0.39, 0.29) is 31.0 Å². The fraction of sp³-hybridized carbons (Fsp3) is 0.667. The average Bonchev–Trinajstić information content (AvgIpc) is 1.21. The van der Waals surface area contributed by atoms with Crippen molar-refractivity contribution in [2.45, 2.75) is 0 Å². The van der Waals surface area contributed by atoms with Gasteiger partial charge in [0, 0.05) is 6.26 Å². The maximum Gasteiger partial charge on any atom is 1.00 e. The van der Waals surface area contributed by atoms with Crippen LogP contribution in [0, 0.1) is 0 Å². The minimum Gasteiger partial charge on any atom is -1.00 e. The molecule has 0 spiro atoms. The first-order valence-electron chi connectivity index (χ1n) is 1.88. The Kier molecular flexibility index (Phi) is 5.75. The summed E-state index contributed by atoms with van der Waals surface area (Å²) >= 11 is 0. The zero-order chi connectivity index (χ0) is 6.78. The minimum absolute atomic E-state index is 0. The molecule has 0 rings (SSSR count). The molecule has 0 aromatic heterocycles. The van der Waals surface area contributed by atoms with Crippen molar-refractivity contribution in [3.05, 3.63) is 0 Å². The smallest absolute Gasteiger partial charge is 1.00 e. The van der Waals surface area contributed by atoms with E-state index >= 15 is 0 Å². The van der Waals surface area contributed by atoms with E-state index in [4.69, 9.17) is 0 Å². The number of carbonyl (C=O) groups is 1. The van der Waals surface area contributed by atoms with Crippen LogP contribution in [-0.4, -0.2) is 26.3 Å². The molecule has 0 aliphatic carbocycles. The van der Waals surface area contributed by atoms with Gasteiger partial charge in [0.15, 0.2) is 9.84 Å². The minimum atomic E-state index is -3.20. The summed E-state index contributed by atoms with van der Waals surface area (Å²) in [7, 11) is -3.20. The fourth-order valence-electron chi connectivity index (χ4n) is 0.258. The number of rotatable bonds is 2. The molecule has 0 heterocycles. The number of nitrogens with two attached hydrogens (primary N) is 1. The molecule has 0 aliphatic rings. The van der Waals surface area contributed by atoms with E-state index in [1.54, 1.807) is 0 Å². The molecule has 0 radical (unpaired) electrons. The fourth-order valence-corrected chi connectivity index (χ4v) is 0.775. The van der Waals surface area contributed by atoms with Gasteiger partial charge in [-0.1, -0.05) is 0 Å². The maximum atomic E-state index is 10.1. The second-order valence-corrected chi connectivity index (χ2v) is 3.68. The molecule has 0 atom stereocenters. The van der Waals surface area contributed by atoms with Crippen molar-refractivity contribution in [1.29, 1.82) is 0 Å². The maximum absolute atomic E-state index is 10.1. The molecular weight excluding hydrogens is 153 g/mol. The van der Waals surface area contributed by atoms with E-state index in [1.807, 2.05) is 0 Å². The normalized spacial score (nSPS) is 9.89. The van der Waals surface area contributed by atoms with Crippen LogP contribution in [-0.2, 0) is 14.6 Å². The molecule has 9 heavy (non-hydrogen) atoms. The first kappa shape index (κ1) is 12.1. The Morgan fingerprint density at radius 1 is 1.67 bits per heavy atom. The van der Waals surface area contributed by atoms with Crippen molar-refractivity contribution in [3.8, 4) is 0 Å². The zero-order valence-electron chi connectivity index (χ0n) is 6.42. The first-order valence-corrected chi connectivity index (χ1v) is 3.94. The van der Waals surface area contributed by atoms with Gasteiger partial charge in [0.05, 0.1) is 0 Å². The van der Waals surface area contributed by atoms with Gasteiger partial charge in [-0.25, -0.2) is 8.42 Å². The molecule has 0 fully saturated rings. The molecule has 0 bridgehead atoms. The summed E-state index contributed by atoms with van der Waals surface area (Å²) in [4.78, 5) is 9.86. The van der Waals surface area contributed by atoms with Crippen LogP contribution in [0.5, 0.6) is 0 Å². The van der Waals surface area contributed by atoms with Crippen molar-refractivity contribution < 1.29 is 44.2 Å². The summed E-state index contributed by atoms with van der Waals surface area (Å²) < 4.78 is 20.3. The third-order valence-corrected chi connectivity index (χ3v) is 1.21. The summed E-state index contributed by atoms with van der Waals surface area (Å²) in [6.45, 7) is 0. The molecular formula is C3H8NNaO3S. The number of primary amides is 1. The largest absolute Gasteiger partial charge is 1.00 e. The van der Waals surface area contributed by atoms with Gasteiger partial charge >= 0.3 is 29.6 Å². The van der Waals surface area contributed by atoms with Gasteiger partial charge in [-0.3, -0.25) is 4.79 Å². The quantitative estimate of drug-likeness (QED) is 0.416. The summed E-state index contributed by atoms with van der Waals surface area (Å²) in [6, 6.07) is 0. The van der Waals surface area contributed by atoms with Crippen LogP contribution in [0.2, 0.25) is 0 Å². The van der Waals surface area contributed by atoms with E-state index in [1.165, 1.54) is 0 Å². The SMILES string of the molecule is CS(=O)(=O)CC(N)=O.[H-].[Na+]. The van der Waals surface area contributed by atoms with Crippen LogP contribution in [0.15, 0.2) is 0 Å². The number of amides is 1. The van der Waals surface area contributed by atoms with Gasteiger partial charge in [-0.15, -0.1) is 0 Å². The average molecular weight is 161 g/mol. The van der Waals surface area contributed by atoms with E-state index in [2.05, 4.69) is 5.73 Å². The predicted molar refractivity (Wildman–Crippen MR) is 30.0 cm³/mol. The molecule has 1 amide bonds. The Morgan fingerprint density at radius 3 is 2.00 bits per heavy atom. The first-order chi connectivity index (χ1) is 3.42. The van der Waals surface area contributed by atoms with Gasteiger partial charge in [-0.05, 0) is 0 Å². The van der Waals surface area contributed by atoms with Crippen molar-refractivity contribution in [2.75, 3.05) is 12.0 Å². The number of hydrogen-bond acceptors (Lipinski definition) is 3.